The fraction of sp³-hybridized carbons (Fsp3) is 0.588. The van der Waals surface area contributed by atoms with Gasteiger partial charge in [-0.1, -0.05) is 12.1 Å². The van der Waals surface area contributed by atoms with E-state index in [1.807, 2.05) is 31.2 Å². The summed E-state index contributed by atoms with van der Waals surface area (Å²) in [6, 6.07) is 7.88. The van der Waals surface area contributed by atoms with Gasteiger partial charge in [-0.25, -0.2) is 0 Å². The normalized spacial score (nSPS) is 15.0. The van der Waals surface area contributed by atoms with Crippen molar-refractivity contribution in [3.05, 3.63) is 24.3 Å². The molecule has 1 N–H and O–H groups in total. The number of rotatable bonds is 9. The van der Waals surface area contributed by atoms with E-state index < -0.39 is 5.97 Å². The largest absolute Gasteiger partial charge is 0.492 e. The minimum atomic E-state index is -0.764. The number of nitrogens with zero attached hydrogens (tertiary/aromatic N) is 2. The van der Waals surface area contributed by atoms with E-state index in [0.717, 1.165) is 37.6 Å². The topological polar surface area (TPSA) is 53.0 Å². The number of hydrogen-bond acceptors (Lipinski definition) is 4. The second kappa shape index (κ2) is 8.63. The number of carboxylic acid groups (broad SMARTS) is 1. The fourth-order valence-electron chi connectivity index (χ4n) is 2.85. The number of ether oxygens (including phenoxy) is 1. The second-order valence-corrected chi connectivity index (χ2v) is 5.58. The Labute approximate surface area is 132 Å². The number of likely N-dealkylation sites (tertiary alicyclic amines) is 1. The van der Waals surface area contributed by atoms with Gasteiger partial charge in [0.2, 0.25) is 0 Å². The van der Waals surface area contributed by atoms with Crippen LogP contribution in [0.2, 0.25) is 0 Å². The van der Waals surface area contributed by atoms with Crippen molar-refractivity contribution < 1.29 is 14.6 Å². The van der Waals surface area contributed by atoms with E-state index in [1.54, 1.807) is 0 Å². The van der Waals surface area contributed by atoms with Crippen LogP contribution in [-0.4, -0.2) is 55.3 Å². The van der Waals surface area contributed by atoms with Gasteiger partial charge in [-0.15, -0.1) is 0 Å². The maximum Gasteiger partial charge on any atom is 0.305 e. The van der Waals surface area contributed by atoms with E-state index in [1.165, 1.54) is 12.8 Å². The molecule has 22 heavy (non-hydrogen) atoms. The molecule has 1 saturated heterocycles. The van der Waals surface area contributed by atoms with Crippen molar-refractivity contribution in [1.82, 2.24) is 4.90 Å². The van der Waals surface area contributed by atoms with E-state index >= 15 is 0 Å². The number of carbonyl (C=O) groups is 1. The van der Waals surface area contributed by atoms with E-state index in [-0.39, 0.29) is 6.42 Å². The number of aliphatic carboxylic acids is 1. The van der Waals surface area contributed by atoms with Crippen LogP contribution >= 0.6 is 0 Å². The van der Waals surface area contributed by atoms with Crippen LogP contribution in [0.25, 0.3) is 0 Å². The Morgan fingerprint density at radius 3 is 2.68 bits per heavy atom. The molecule has 0 unspecified atom stereocenters. The van der Waals surface area contributed by atoms with Crippen molar-refractivity contribution in [3.63, 3.8) is 0 Å². The zero-order valence-electron chi connectivity index (χ0n) is 13.3. The molecule has 0 spiro atoms. The Bertz CT molecular complexity index is 473. The lowest BCUT2D eigenvalue weighted by Gasteiger charge is -2.28. The summed E-state index contributed by atoms with van der Waals surface area (Å²) in [6.07, 6.45) is 2.68. The average Bonchev–Trinajstić information content (AvgIpc) is 3.02. The maximum atomic E-state index is 10.9. The van der Waals surface area contributed by atoms with Crippen LogP contribution in [0.5, 0.6) is 5.75 Å². The standard InChI is InChI=1S/C17H26N2O3/c1-2-22-16-8-4-3-7-15(16)19(12-9-17(20)21)14-13-18-10-5-6-11-18/h3-4,7-8H,2,5-6,9-14H2,1H3,(H,20,21). The molecule has 0 bridgehead atoms. The summed E-state index contributed by atoms with van der Waals surface area (Å²) in [5.41, 5.74) is 0.991. The number of hydrogen-bond donors (Lipinski definition) is 1. The molecule has 1 aliphatic heterocycles. The fourth-order valence-corrected chi connectivity index (χ4v) is 2.85. The van der Waals surface area contributed by atoms with Gasteiger partial charge in [-0.2, -0.15) is 0 Å². The van der Waals surface area contributed by atoms with E-state index in [2.05, 4.69) is 9.80 Å². The van der Waals surface area contributed by atoms with Crippen LogP contribution in [0.1, 0.15) is 26.2 Å². The van der Waals surface area contributed by atoms with Crippen molar-refractivity contribution in [1.29, 1.82) is 0 Å². The average molecular weight is 306 g/mol. The molecule has 1 heterocycles. The summed E-state index contributed by atoms with van der Waals surface area (Å²) >= 11 is 0. The first-order chi connectivity index (χ1) is 10.7. The maximum absolute atomic E-state index is 10.9. The second-order valence-electron chi connectivity index (χ2n) is 5.58. The molecule has 1 fully saturated rings. The highest BCUT2D eigenvalue weighted by Gasteiger charge is 2.16. The highest BCUT2D eigenvalue weighted by molar-refractivity contribution is 5.68. The molecule has 0 saturated carbocycles. The lowest BCUT2D eigenvalue weighted by atomic mass is 10.2. The van der Waals surface area contributed by atoms with E-state index in [4.69, 9.17) is 9.84 Å². The van der Waals surface area contributed by atoms with Gasteiger partial charge in [0.15, 0.2) is 0 Å². The molecule has 1 aromatic rings. The molecule has 0 atom stereocenters. The molecule has 2 rings (SSSR count). The van der Waals surface area contributed by atoms with Crippen LogP contribution in [-0.2, 0) is 4.79 Å². The molecular weight excluding hydrogens is 280 g/mol. The van der Waals surface area contributed by atoms with Crippen molar-refractivity contribution in [3.8, 4) is 5.75 Å². The monoisotopic (exact) mass is 306 g/mol. The molecule has 1 aliphatic rings. The third-order valence-corrected chi connectivity index (χ3v) is 3.99. The minimum Gasteiger partial charge on any atom is -0.492 e. The highest BCUT2D eigenvalue weighted by Crippen LogP contribution is 2.28. The van der Waals surface area contributed by atoms with Crippen molar-refractivity contribution in [2.45, 2.75) is 26.2 Å². The molecule has 5 heteroatoms. The summed E-state index contributed by atoms with van der Waals surface area (Å²) in [5, 5.41) is 8.99. The third-order valence-electron chi connectivity index (χ3n) is 3.99. The molecule has 0 aliphatic carbocycles. The first kappa shape index (κ1) is 16.6. The number of para-hydroxylation sites is 2. The van der Waals surface area contributed by atoms with Gasteiger partial charge in [-0.3, -0.25) is 4.79 Å². The van der Waals surface area contributed by atoms with E-state index in [9.17, 15) is 4.79 Å². The Hall–Kier alpha value is -1.75. The number of anilines is 1. The molecule has 0 amide bonds. The summed E-state index contributed by atoms with van der Waals surface area (Å²) < 4.78 is 5.69. The van der Waals surface area contributed by atoms with Crippen molar-refractivity contribution >= 4 is 11.7 Å². The molecule has 5 nitrogen and oxygen atoms in total. The Morgan fingerprint density at radius 2 is 2.00 bits per heavy atom. The third kappa shape index (κ3) is 4.91. The molecular formula is C17H26N2O3. The summed E-state index contributed by atoms with van der Waals surface area (Å²) in [4.78, 5) is 15.5. The molecule has 1 aromatic carbocycles. The van der Waals surface area contributed by atoms with Crippen LogP contribution in [0, 0.1) is 0 Å². The smallest absolute Gasteiger partial charge is 0.305 e. The lowest BCUT2D eigenvalue weighted by Crippen LogP contribution is -2.35. The van der Waals surface area contributed by atoms with Gasteiger partial charge >= 0.3 is 5.97 Å². The van der Waals surface area contributed by atoms with Gasteiger partial charge in [0, 0.05) is 19.6 Å². The SMILES string of the molecule is CCOc1ccccc1N(CCC(=O)O)CCN1CCCC1. The minimum absolute atomic E-state index is 0.139. The number of benzene rings is 1. The quantitative estimate of drug-likeness (QED) is 0.759. The highest BCUT2D eigenvalue weighted by atomic mass is 16.5. The Kier molecular flexibility index (Phi) is 6.52. The molecule has 0 aromatic heterocycles. The first-order valence-corrected chi connectivity index (χ1v) is 8.11. The zero-order chi connectivity index (χ0) is 15.8. The van der Waals surface area contributed by atoms with Gasteiger partial charge in [0.25, 0.3) is 0 Å². The zero-order valence-corrected chi connectivity index (χ0v) is 13.3. The Balaban J connectivity index is 2.06. The molecule has 122 valence electrons. The number of carboxylic acids is 1. The van der Waals surface area contributed by atoms with Crippen LogP contribution in [0.15, 0.2) is 24.3 Å². The van der Waals surface area contributed by atoms with E-state index in [0.29, 0.717) is 13.2 Å². The van der Waals surface area contributed by atoms with Gasteiger partial charge in [0.1, 0.15) is 5.75 Å². The summed E-state index contributed by atoms with van der Waals surface area (Å²) in [5.74, 6) is 0.0666. The van der Waals surface area contributed by atoms with Gasteiger partial charge in [0.05, 0.1) is 18.7 Å². The Morgan fingerprint density at radius 1 is 1.27 bits per heavy atom. The van der Waals surface area contributed by atoms with Crippen molar-refractivity contribution in [2.24, 2.45) is 0 Å². The van der Waals surface area contributed by atoms with Crippen LogP contribution < -0.4 is 9.64 Å². The summed E-state index contributed by atoms with van der Waals surface area (Å²) in [7, 11) is 0. The molecule has 0 radical (unpaired) electrons. The van der Waals surface area contributed by atoms with Gasteiger partial charge in [-0.05, 0) is 45.0 Å². The first-order valence-electron chi connectivity index (χ1n) is 8.11. The predicted molar refractivity (Wildman–Crippen MR) is 87.8 cm³/mol. The van der Waals surface area contributed by atoms with Crippen LogP contribution in [0.4, 0.5) is 5.69 Å². The van der Waals surface area contributed by atoms with Crippen LogP contribution in [0.3, 0.4) is 0 Å². The predicted octanol–water partition coefficient (Wildman–Crippen LogP) is 2.46. The lowest BCUT2D eigenvalue weighted by molar-refractivity contribution is -0.136. The summed E-state index contributed by atoms with van der Waals surface area (Å²) in [6.45, 7) is 7.18. The van der Waals surface area contributed by atoms with Gasteiger partial charge < -0.3 is 19.6 Å². The van der Waals surface area contributed by atoms with Crippen molar-refractivity contribution in [2.75, 3.05) is 44.2 Å².